The highest BCUT2D eigenvalue weighted by Gasteiger charge is 2.64. The molecule has 280 valence electrons. The molecule has 3 rings (SSSR count). The first-order chi connectivity index (χ1) is 23.7. The lowest BCUT2D eigenvalue weighted by atomic mass is 9.49. The fourth-order valence-corrected chi connectivity index (χ4v) is 6.31. The van der Waals surface area contributed by atoms with Crippen LogP contribution in [0.3, 0.4) is 0 Å². The SMILES string of the molecule is CC(C)(C)OC(=O)N(CCOCCOCCOc1ccc(C(=O)NC2C(C)(C)C(Oc3ccc(C#N)c(Cl)c3)C2(C)C)cc1)C(=O)OC(C)(C)C. The molecule has 51 heavy (non-hydrogen) atoms. The van der Waals surface area contributed by atoms with Gasteiger partial charge in [-0.1, -0.05) is 39.3 Å². The molecule has 1 fully saturated rings. The summed E-state index contributed by atoms with van der Waals surface area (Å²) in [5.41, 5.74) is -1.43. The normalized spacial score (nSPS) is 17.7. The molecule has 0 aliphatic heterocycles. The van der Waals surface area contributed by atoms with Gasteiger partial charge in [0.25, 0.3) is 5.91 Å². The number of nitrogens with one attached hydrogen (secondary N) is 1. The van der Waals surface area contributed by atoms with Crippen LogP contribution in [0.15, 0.2) is 42.5 Å². The van der Waals surface area contributed by atoms with Crippen molar-refractivity contribution in [3.63, 3.8) is 0 Å². The molecule has 1 N–H and O–H groups in total. The first kappa shape index (κ1) is 41.4. The van der Waals surface area contributed by atoms with Gasteiger partial charge in [-0.2, -0.15) is 5.26 Å². The summed E-state index contributed by atoms with van der Waals surface area (Å²) in [7, 11) is 0. The predicted molar refractivity (Wildman–Crippen MR) is 192 cm³/mol. The number of hydrogen-bond donors (Lipinski definition) is 1. The van der Waals surface area contributed by atoms with Gasteiger partial charge in [0.1, 0.15) is 41.5 Å². The Bertz CT molecular complexity index is 1510. The Morgan fingerprint density at radius 3 is 1.82 bits per heavy atom. The topological polar surface area (TPSA) is 146 Å². The molecule has 0 saturated heterocycles. The van der Waals surface area contributed by atoms with E-state index in [0.29, 0.717) is 34.3 Å². The summed E-state index contributed by atoms with van der Waals surface area (Å²) >= 11 is 6.20. The first-order valence-electron chi connectivity index (χ1n) is 16.9. The highest BCUT2D eigenvalue weighted by molar-refractivity contribution is 6.31. The van der Waals surface area contributed by atoms with E-state index in [9.17, 15) is 14.4 Å². The summed E-state index contributed by atoms with van der Waals surface area (Å²) in [4.78, 5) is 39.2. The first-order valence-corrected chi connectivity index (χ1v) is 17.3. The molecule has 2 aromatic carbocycles. The predicted octanol–water partition coefficient (Wildman–Crippen LogP) is 7.41. The van der Waals surface area contributed by atoms with Gasteiger partial charge in [0, 0.05) is 28.5 Å². The van der Waals surface area contributed by atoms with Crippen LogP contribution in [-0.2, 0) is 18.9 Å². The average Bonchev–Trinajstić information content (AvgIpc) is 3.01. The van der Waals surface area contributed by atoms with E-state index < -0.39 is 23.4 Å². The van der Waals surface area contributed by atoms with Crippen LogP contribution >= 0.6 is 11.6 Å². The van der Waals surface area contributed by atoms with E-state index >= 15 is 0 Å². The third-order valence-electron chi connectivity index (χ3n) is 8.10. The van der Waals surface area contributed by atoms with E-state index in [1.807, 2.05) is 6.07 Å². The minimum Gasteiger partial charge on any atom is -0.491 e. The Hall–Kier alpha value is -4.05. The standard InChI is InChI=1S/C38H52ClN3O9/c1-35(2,3)50-33(44)42(34(45)51-36(4,5)6)17-18-46-19-20-47-21-22-48-27-14-11-25(12-15-27)30(43)41-31-37(7,8)32(38(31,9)10)49-28-16-13-26(24-40)29(39)23-28/h11-16,23,31-32H,17-22H2,1-10H3,(H,41,43). The van der Waals surface area contributed by atoms with Crippen molar-refractivity contribution in [3.05, 3.63) is 58.6 Å². The number of benzene rings is 2. The van der Waals surface area contributed by atoms with Crippen molar-refractivity contribution in [2.75, 3.05) is 39.6 Å². The Labute approximate surface area is 306 Å². The lowest BCUT2D eigenvalue weighted by Crippen LogP contribution is -2.74. The largest absolute Gasteiger partial charge is 0.491 e. The number of carbonyl (C=O) groups is 3. The highest BCUT2D eigenvalue weighted by Crippen LogP contribution is 2.55. The number of rotatable bonds is 14. The zero-order valence-electron chi connectivity index (χ0n) is 31.4. The van der Waals surface area contributed by atoms with Crippen molar-refractivity contribution in [2.24, 2.45) is 10.8 Å². The Balaban J connectivity index is 1.38. The molecule has 3 amide bonds. The number of nitrogens with zero attached hydrogens (tertiary/aromatic N) is 2. The quantitative estimate of drug-likeness (QED) is 0.195. The number of carbonyl (C=O) groups excluding carboxylic acids is 3. The Kier molecular flexibility index (Phi) is 13.8. The van der Waals surface area contributed by atoms with Crippen molar-refractivity contribution in [2.45, 2.75) is 92.6 Å². The molecular formula is C38H52ClN3O9. The monoisotopic (exact) mass is 729 g/mol. The molecule has 0 radical (unpaired) electrons. The van der Waals surface area contributed by atoms with Gasteiger partial charge in [0.05, 0.1) is 43.6 Å². The zero-order chi connectivity index (χ0) is 38.2. The van der Waals surface area contributed by atoms with Gasteiger partial charge in [-0.3, -0.25) is 4.79 Å². The number of imide groups is 1. The molecule has 1 aliphatic rings. The second-order valence-electron chi connectivity index (χ2n) is 15.5. The third-order valence-corrected chi connectivity index (χ3v) is 8.41. The number of hydrogen-bond acceptors (Lipinski definition) is 10. The molecule has 1 saturated carbocycles. The van der Waals surface area contributed by atoms with Crippen LogP contribution in [0.4, 0.5) is 9.59 Å². The fourth-order valence-electron chi connectivity index (χ4n) is 6.10. The highest BCUT2D eigenvalue weighted by atomic mass is 35.5. The average molecular weight is 730 g/mol. The van der Waals surface area contributed by atoms with Gasteiger partial charge < -0.3 is 33.7 Å². The molecule has 0 atom stereocenters. The number of ether oxygens (including phenoxy) is 6. The van der Waals surface area contributed by atoms with Crippen LogP contribution in [0.1, 0.15) is 85.2 Å². The van der Waals surface area contributed by atoms with E-state index in [1.54, 1.807) is 84.0 Å². The third kappa shape index (κ3) is 11.7. The van der Waals surface area contributed by atoms with Gasteiger partial charge >= 0.3 is 12.2 Å². The zero-order valence-corrected chi connectivity index (χ0v) is 32.1. The minimum absolute atomic E-state index is 0.0400. The molecule has 0 aromatic heterocycles. The molecule has 0 heterocycles. The molecule has 0 bridgehead atoms. The molecule has 2 aromatic rings. The van der Waals surface area contributed by atoms with Crippen LogP contribution < -0.4 is 14.8 Å². The lowest BCUT2D eigenvalue weighted by molar-refractivity contribution is -0.164. The summed E-state index contributed by atoms with van der Waals surface area (Å²) in [5.74, 6) is 0.968. The molecular weight excluding hydrogens is 678 g/mol. The van der Waals surface area contributed by atoms with Crippen molar-refractivity contribution >= 4 is 29.7 Å². The van der Waals surface area contributed by atoms with Crippen LogP contribution in [-0.4, -0.2) is 85.9 Å². The molecule has 0 unspecified atom stereocenters. The number of amides is 3. The van der Waals surface area contributed by atoms with Gasteiger partial charge in [-0.15, -0.1) is 0 Å². The van der Waals surface area contributed by atoms with Crippen molar-refractivity contribution in [1.82, 2.24) is 10.2 Å². The van der Waals surface area contributed by atoms with Gasteiger partial charge in [-0.25, -0.2) is 14.5 Å². The molecule has 0 spiro atoms. The van der Waals surface area contributed by atoms with E-state index in [1.165, 1.54) is 0 Å². The molecule has 1 aliphatic carbocycles. The van der Waals surface area contributed by atoms with Gasteiger partial charge in [0.15, 0.2) is 0 Å². The van der Waals surface area contributed by atoms with Crippen molar-refractivity contribution in [3.8, 4) is 17.6 Å². The van der Waals surface area contributed by atoms with Crippen molar-refractivity contribution in [1.29, 1.82) is 5.26 Å². The van der Waals surface area contributed by atoms with E-state index in [4.69, 9.17) is 45.3 Å². The summed E-state index contributed by atoms with van der Waals surface area (Å²) in [5, 5.41) is 12.7. The summed E-state index contributed by atoms with van der Waals surface area (Å²) in [6, 6.07) is 13.8. The van der Waals surface area contributed by atoms with Crippen LogP contribution in [0.2, 0.25) is 5.02 Å². The number of halogens is 1. The summed E-state index contributed by atoms with van der Waals surface area (Å²) < 4.78 is 33.9. The van der Waals surface area contributed by atoms with E-state index in [2.05, 4.69) is 33.0 Å². The minimum atomic E-state index is -0.805. The second-order valence-corrected chi connectivity index (χ2v) is 15.9. The molecule has 13 heteroatoms. The maximum absolute atomic E-state index is 13.2. The second kappa shape index (κ2) is 17.0. The van der Waals surface area contributed by atoms with Crippen LogP contribution in [0, 0.1) is 22.2 Å². The van der Waals surface area contributed by atoms with E-state index in [-0.39, 0.29) is 61.9 Å². The van der Waals surface area contributed by atoms with E-state index in [0.717, 1.165) is 4.90 Å². The Morgan fingerprint density at radius 2 is 1.31 bits per heavy atom. The van der Waals surface area contributed by atoms with Gasteiger partial charge in [0.2, 0.25) is 0 Å². The Morgan fingerprint density at radius 1 is 0.804 bits per heavy atom. The lowest BCUT2D eigenvalue weighted by Gasteiger charge is -2.63. The number of nitriles is 1. The smallest absolute Gasteiger partial charge is 0.419 e. The van der Waals surface area contributed by atoms with Crippen LogP contribution in [0.5, 0.6) is 11.5 Å². The summed E-state index contributed by atoms with van der Waals surface area (Å²) in [6.45, 7) is 19.6. The summed E-state index contributed by atoms with van der Waals surface area (Å²) in [6.07, 6.45) is -1.82. The maximum Gasteiger partial charge on any atom is 0.419 e. The van der Waals surface area contributed by atoms with Crippen LogP contribution in [0.25, 0.3) is 0 Å². The maximum atomic E-state index is 13.2. The van der Waals surface area contributed by atoms with Gasteiger partial charge in [-0.05, 0) is 77.9 Å². The van der Waals surface area contributed by atoms with Crippen molar-refractivity contribution < 1.29 is 42.8 Å². The fraction of sp³-hybridized carbons (Fsp3) is 0.579. The molecule has 12 nitrogen and oxygen atoms in total.